The van der Waals surface area contributed by atoms with E-state index in [1.54, 1.807) is 57.4 Å². The van der Waals surface area contributed by atoms with Crippen LogP contribution in [0.1, 0.15) is 10.6 Å². The zero-order valence-corrected chi connectivity index (χ0v) is 21.4. The van der Waals surface area contributed by atoms with Crippen molar-refractivity contribution >= 4 is 22.4 Å². The van der Waals surface area contributed by atoms with Gasteiger partial charge in [0.05, 0.1) is 39.8 Å². The largest absolute Gasteiger partial charge is 0.495 e. The van der Waals surface area contributed by atoms with Crippen molar-refractivity contribution < 1.29 is 23.7 Å². The number of methoxy groups -OCH3 is 4. The van der Waals surface area contributed by atoms with E-state index in [-0.39, 0.29) is 5.82 Å². The Kier molecular flexibility index (Phi) is 6.82. The van der Waals surface area contributed by atoms with Crippen LogP contribution in [0, 0.1) is 0 Å². The van der Waals surface area contributed by atoms with Gasteiger partial charge in [-0.15, -0.1) is 5.10 Å². The summed E-state index contributed by atoms with van der Waals surface area (Å²) in [6.45, 7) is 0. The highest BCUT2D eigenvalue weighted by Crippen LogP contribution is 2.41. The molecule has 38 heavy (non-hydrogen) atoms. The number of fused-ring (bicyclic) bond motifs is 1. The summed E-state index contributed by atoms with van der Waals surface area (Å²) in [4.78, 5) is 18.0. The van der Waals surface area contributed by atoms with Crippen LogP contribution in [-0.2, 0) is 0 Å². The number of hydrogen-bond acceptors (Lipinski definition) is 7. The summed E-state index contributed by atoms with van der Waals surface area (Å²) in [7, 11) is 6.17. The second-order valence-corrected chi connectivity index (χ2v) is 8.24. The number of nitrogens with zero attached hydrogens (tertiary/aromatic N) is 3. The van der Waals surface area contributed by atoms with Crippen LogP contribution in [0.4, 0.5) is 5.69 Å². The molecule has 1 amide bonds. The molecule has 5 rings (SSSR count). The van der Waals surface area contributed by atoms with E-state index in [1.165, 1.54) is 0 Å². The third-order valence-corrected chi connectivity index (χ3v) is 6.08. The average Bonchev–Trinajstić information content (AvgIpc) is 3.42. The first-order valence-corrected chi connectivity index (χ1v) is 11.8. The Balaban J connectivity index is 1.70. The van der Waals surface area contributed by atoms with Crippen molar-refractivity contribution in [1.29, 1.82) is 0 Å². The monoisotopic (exact) mass is 510 g/mol. The first kappa shape index (κ1) is 24.6. The van der Waals surface area contributed by atoms with Gasteiger partial charge >= 0.3 is 0 Å². The summed E-state index contributed by atoms with van der Waals surface area (Å²) in [5.74, 6) is 1.80. The smallest absolute Gasteiger partial charge is 0.295 e. The molecule has 1 heterocycles. The lowest BCUT2D eigenvalue weighted by atomic mass is 10.1. The van der Waals surface area contributed by atoms with Gasteiger partial charge in [0.1, 0.15) is 5.75 Å². The molecule has 192 valence electrons. The SMILES string of the molecule is COc1ccccc1NC(=O)c1nc(-c2cc(OC)c(OC)c(OC)c2)n(-c2cccc3ccccc23)n1. The second-order valence-electron chi connectivity index (χ2n) is 8.24. The van der Waals surface area contributed by atoms with Gasteiger partial charge in [-0.1, -0.05) is 48.5 Å². The zero-order valence-electron chi connectivity index (χ0n) is 21.4. The number of carbonyl (C=O) groups is 1. The predicted molar refractivity (Wildman–Crippen MR) is 145 cm³/mol. The molecule has 9 heteroatoms. The third-order valence-electron chi connectivity index (χ3n) is 6.08. The van der Waals surface area contributed by atoms with Gasteiger partial charge in [0.15, 0.2) is 17.3 Å². The molecule has 0 fully saturated rings. The molecule has 0 spiro atoms. The molecule has 0 aliphatic heterocycles. The Morgan fingerprint density at radius 2 is 1.42 bits per heavy atom. The summed E-state index contributed by atoms with van der Waals surface area (Å²) in [5.41, 5.74) is 1.89. The van der Waals surface area contributed by atoms with Gasteiger partial charge in [0, 0.05) is 10.9 Å². The van der Waals surface area contributed by atoms with Crippen molar-refractivity contribution in [3.8, 4) is 40.1 Å². The quantitative estimate of drug-likeness (QED) is 0.300. The number of nitrogens with one attached hydrogen (secondary N) is 1. The van der Waals surface area contributed by atoms with Gasteiger partial charge in [-0.3, -0.25) is 4.79 Å². The molecule has 0 atom stereocenters. The van der Waals surface area contributed by atoms with Gasteiger partial charge < -0.3 is 24.3 Å². The van der Waals surface area contributed by atoms with Crippen LogP contribution in [-0.4, -0.2) is 49.1 Å². The zero-order chi connectivity index (χ0) is 26.6. The minimum Gasteiger partial charge on any atom is -0.495 e. The molecule has 0 saturated carbocycles. The van der Waals surface area contributed by atoms with Crippen molar-refractivity contribution in [3.63, 3.8) is 0 Å². The van der Waals surface area contributed by atoms with Crippen molar-refractivity contribution in [1.82, 2.24) is 14.8 Å². The highest BCUT2D eigenvalue weighted by molar-refractivity contribution is 6.03. The van der Waals surface area contributed by atoms with E-state index in [4.69, 9.17) is 18.9 Å². The van der Waals surface area contributed by atoms with E-state index in [1.807, 2.05) is 54.6 Å². The maximum Gasteiger partial charge on any atom is 0.295 e. The fourth-order valence-electron chi connectivity index (χ4n) is 4.29. The number of anilines is 1. The van der Waals surface area contributed by atoms with Gasteiger partial charge in [0.2, 0.25) is 11.6 Å². The third kappa shape index (κ3) is 4.45. The lowest BCUT2D eigenvalue weighted by molar-refractivity contribution is 0.101. The van der Waals surface area contributed by atoms with E-state index >= 15 is 0 Å². The number of para-hydroxylation sites is 2. The normalized spacial score (nSPS) is 10.7. The van der Waals surface area contributed by atoms with Crippen LogP contribution in [0.3, 0.4) is 0 Å². The predicted octanol–water partition coefficient (Wildman–Crippen LogP) is 5.37. The Bertz CT molecular complexity index is 1600. The Hall–Kier alpha value is -5.05. The highest BCUT2D eigenvalue weighted by atomic mass is 16.5. The number of rotatable bonds is 8. The van der Waals surface area contributed by atoms with E-state index in [0.717, 1.165) is 16.5 Å². The molecular formula is C29H26N4O5. The van der Waals surface area contributed by atoms with Gasteiger partial charge in [-0.05, 0) is 35.7 Å². The summed E-state index contributed by atoms with van der Waals surface area (Å²) >= 11 is 0. The van der Waals surface area contributed by atoms with E-state index < -0.39 is 5.91 Å². The molecule has 0 unspecified atom stereocenters. The van der Waals surface area contributed by atoms with Gasteiger partial charge in [-0.25, -0.2) is 9.67 Å². The Morgan fingerprint density at radius 3 is 2.13 bits per heavy atom. The summed E-state index contributed by atoms with van der Waals surface area (Å²) in [6, 6.07) is 24.5. The highest BCUT2D eigenvalue weighted by Gasteiger charge is 2.23. The molecule has 0 aliphatic carbocycles. The van der Waals surface area contributed by atoms with Crippen LogP contribution >= 0.6 is 0 Å². The lowest BCUT2D eigenvalue weighted by Gasteiger charge is -2.15. The Labute approximate surface area is 219 Å². The number of ether oxygens (including phenoxy) is 4. The first-order valence-electron chi connectivity index (χ1n) is 11.8. The topological polar surface area (TPSA) is 96.7 Å². The minimum atomic E-state index is -0.484. The van der Waals surface area contributed by atoms with Crippen LogP contribution in [0.5, 0.6) is 23.0 Å². The van der Waals surface area contributed by atoms with Crippen molar-refractivity contribution in [3.05, 3.63) is 84.7 Å². The van der Waals surface area contributed by atoms with Crippen LogP contribution in [0.2, 0.25) is 0 Å². The van der Waals surface area contributed by atoms with Crippen LogP contribution in [0.25, 0.3) is 27.8 Å². The molecule has 5 aromatic rings. The number of amides is 1. The van der Waals surface area contributed by atoms with E-state index in [9.17, 15) is 4.79 Å². The molecule has 4 aromatic carbocycles. The summed E-state index contributed by atoms with van der Waals surface area (Å²) < 4.78 is 23.6. The fraction of sp³-hybridized carbons (Fsp3) is 0.138. The average molecular weight is 511 g/mol. The molecule has 1 N–H and O–H groups in total. The molecule has 0 aliphatic rings. The molecular weight excluding hydrogens is 484 g/mol. The van der Waals surface area contributed by atoms with Crippen LogP contribution in [0.15, 0.2) is 78.9 Å². The molecule has 1 aromatic heterocycles. The number of aromatic nitrogens is 3. The second kappa shape index (κ2) is 10.5. The van der Waals surface area contributed by atoms with E-state index in [0.29, 0.717) is 40.1 Å². The number of hydrogen-bond donors (Lipinski definition) is 1. The van der Waals surface area contributed by atoms with Crippen molar-refractivity contribution in [2.24, 2.45) is 0 Å². The molecule has 0 radical (unpaired) electrons. The first-order chi connectivity index (χ1) is 18.6. The minimum absolute atomic E-state index is 0.0207. The fourth-order valence-corrected chi connectivity index (χ4v) is 4.29. The molecule has 0 bridgehead atoms. The maximum absolute atomic E-state index is 13.3. The van der Waals surface area contributed by atoms with Gasteiger partial charge in [0.25, 0.3) is 5.91 Å². The molecule has 0 saturated heterocycles. The molecule has 9 nitrogen and oxygen atoms in total. The number of carbonyl (C=O) groups excluding carboxylic acids is 1. The van der Waals surface area contributed by atoms with Crippen molar-refractivity contribution in [2.75, 3.05) is 33.8 Å². The van der Waals surface area contributed by atoms with Gasteiger partial charge in [-0.2, -0.15) is 0 Å². The number of benzene rings is 4. The summed E-state index contributed by atoms with van der Waals surface area (Å²) in [5, 5.41) is 9.48. The lowest BCUT2D eigenvalue weighted by Crippen LogP contribution is -2.15. The van der Waals surface area contributed by atoms with E-state index in [2.05, 4.69) is 15.4 Å². The van der Waals surface area contributed by atoms with Crippen LogP contribution < -0.4 is 24.3 Å². The summed E-state index contributed by atoms with van der Waals surface area (Å²) in [6.07, 6.45) is 0. The Morgan fingerprint density at radius 1 is 0.763 bits per heavy atom. The van der Waals surface area contributed by atoms with Crippen molar-refractivity contribution in [2.45, 2.75) is 0 Å². The maximum atomic E-state index is 13.3. The standard InChI is InChI=1S/C29H26N4O5/c1-35-23-15-8-7-13-21(23)30-29(34)27-31-28(19-16-24(36-2)26(38-4)25(17-19)37-3)33(32-27)22-14-9-11-18-10-5-6-12-20(18)22/h5-17H,1-4H3,(H,30,34).